The van der Waals surface area contributed by atoms with Crippen LogP contribution in [0, 0.1) is 12.7 Å². The van der Waals surface area contributed by atoms with Crippen molar-refractivity contribution in [2.75, 3.05) is 20.3 Å². The topological polar surface area (TPSA) is 55.8 Å². The van der Waals surface area contributed by atoms with Gasteiger partial charge in [-0.3, -0.25) is 0 Å². The first kappa shape index (κ1) is 19.8. The number of rotatable bonds is 4. The first-order valence-electron chi connectivity index (χ1n) is 8.70. The summed E-state index contributed by atoms with van der Waals surface area (Å²) in [5.41, 5.74) is 0.662. The van der Waals surface area contributed by atoms with Gasteiger partial charge in [0.2, 0.25) is 10.0 Å². The van der Waals surface area contributed by atoms with Crippen LogP contribution in [0.25, 0.3) is 0 Å². The zero-order chi connectivity index (χ0) is 19.8. The molecule has 0 aromatic heterocycles. The molecule has 0 N–H and O–H groups in total. The van der Waals surface area contributed by atoms with E-state index >= 15 is 0 Å². The number of hydrogen-bond acceptors (Lipinski definition) is 4. The summed E-state index contributed by atoms with van der Waals surface area (Å²) in [7, 11) is -2.21. The highest BCUT2D eigenvalue weighted by Crippen LogP contribution is 2.36. The van der Waals surface area contributed by atoms with E-state index in [4.69, 9.17) is 9.47 Å². The van der Waals surface area contributed by atoms with Gasteiger partial charge in [-0.1, -0.05) is 12.1 Å². The molecule has 1 aliphatic rings. The van der Waals surface area contributed by atoms with Crippen LogP contribution in [0.15, 0.2) is 47.4 Å². The normalized spacial score (nSPS) is 20.4. The molecule has 0 radical (unpaired) electrons. The zero-order valence-electron chi connectivity index (χ0n) is 15.9. The van der Waals surface area contributed by atoms with E-state index in [9.17, 15) is 12.8 Å². The molecule has 146 valence electrons. The molecule has 0 spiro atoms. The predicted octanol–water partition coefficient (Wildman–Crippen LogP) is 3.68. The Hall–Kier alpha value is -1.96. The SMILES string of the molecule is COc1ccc(S(=O)(=O)N2CC(c3ccc(F)cc3)OCC2(C)C)c(C)c1. The molecule has 0 amide bonds. The highest BCUT2D eigenvalue weighted by atomic mass is 32.2. The first-order valence-corrected chi connectivity index (χ1v) is 10.1. The van der Waals surface area contributed by atoms with E-state index in [2.05, 4.69) is 0 Å². The lowest BCUT2D eigenvalue weighted by Crippen LogP contribution is -2.56. The average Bonchev–Trinajstić information content (AvgIpc) is 2.61. The van der Waals surface area contributed by atoms with Crippen LogP contribution in [0.5, 0.6) is 5.75 Å². The average molecular weight is 393 g/mol. The van der Waals surface area contributed by atoms with Crippen molar-refractivity contribution in [1.29, 1.82) is 0 Å². The smallest absolute Gasteiger partial charge is 0.244 e. The fraction of sp³-hybridized carbons (Fsp3) is 0.400. The monoisotopic (exact) mass is 393 g/mol. The highest BCUT2D eigenvalue weighted by Gasteiger charge is 2.43. The van der Waals surface area contributed by atoms with Gasteiger partial charge in [-0.15, -0.1) is 0 Å². The molecule has 3 rings (SSSR count). The van der Waals surface area contributed by atoms with Crippen LogP contribution in [0.1, 0.15) is 31.1 Å². The van der Waals surface area contributed by atoms with Crippen LogP contribution < -0.4 is 4.74 Å². The number of ether oxygens (including phenoxy) is 2. The maximum absolute atomic E-state index is 13.4. The van der Waals surface area contributed by atoms with Crippen molar-refractivity contribution in [3.63, 3.8) is 0 Å². The number of benzene rings is 2. The van der Waals surface area contributed by atoms with E-state index < -0.39 is 21.7 Å². The Kier molecular flexibility index (Phi) is 5.29. The van der Waals surface area contributed by atoms with Crippen LogP contribution in [0.3, 0.4) is 0 Å². The van der Waals surface area contributed by atoms with Gasteiger partial charge in [-0.25, -0.2) is 12.8 Å². The lowest BCUT2D eigenvalue weighted by Gasteiger charge is -2.44. The summed E-state index contributed by atoms with van der Waals surface area (Å²) in [6, 6.07) is 10.9. The van der Waals surface area contributed by atoms with Crippen LogP contribution in [-0.4, -0.2) is 38.5 Å². The second kappa shape index (κ2) is 7.22. The van der Waals surface area contributed by atoms with Crippen LogP contribution in [-0.2, 0) is 14.8 Å². The number of morpholine rings is 1. The summed E-state index contributed by atoms with van der Waals surface area (Å²) >= 11 is 0. The maximum Gasteiger partial charge on any atom is 0.244 e. The number of hydrogen-bond donors (Lipinski definition) is 0. The third kappa shape index (κ3) is 3.85. The van der Waals surface area contributed by atoms with E-state index in [1.54, 1.807) is 44.4 Å². The standard InChI is InChI=1S/C20H24FNO4S/c1-14-11-17(25-4)9-10-19(14)27(23,24)22-12-18(26-13-20(22,2)3)15-5-7-16(21)8-6-15/h5-11,18H,12-13H2,1-4H3. The van der Waals surface area contributed by atoms with Crippen molar-refractivity contribution in [2.24, 2.45) is 0 Å². The molecule has 1 heterocycles. The fourth-order valence-electron chi connectivity index (χ4n) is 3.29. The van der Waals surface area contributed by atoms with Crippen LogP contribution >= 0.6 is 0 Å². The van der Waals surface area contributed by atoms with Gasteiger partial charge in [0.1, 0.15) is 11.6 Å². The molecule has 1 saturated heterocycles. The molecular formula is C20H24FNO4S. The molecule has 0 bridgehead atoms. The minimum absolute atomic E-state index is 0.159. The lowest BCUT2D eigenvalue weighted by molar-refractivity contribution is -0.0655. The number of halogens is 1. The molecular weight excluding hydrogens is 369 g/mol. The Balaban J connectivity index is 1.97. The third-order valence-electron chi connectivity index (χ3n) is 4.84. The fourth-order valence-corrected chi connectivity index (χ4v) is 5.26. The summed E-state index contributed by atoms with van der Waals surface area (Å²) < 4.78 is 52.6. The van der Waals surface area contributed by atoms with E-state index in [-0.39, 0.29) is 23.9 Å². The maximum atomic E-state index is 13.4. The molecule has 27 heavy (non-hydrogen) atoms. The van der Waals surface area contributed by atoms with Gasteiger partial charge in [0, 0.05) is 6.54 Å². The Morgan fingerprint density at radius 2 is 1.85 bits per heavy atom. The van der Waals surface area contributed by atoms with Gasteiger partial charge >= 0.3 is 0 Å². The van der Waals surface area contributed by atoms with Gasteiger partial charge in [0.15, 0.2) is 0 Å². The van der Waals surface area contributed by atoms with E-state index in [1.165, 1.54) is 16.4 Å². The number of nitrogens with zero attached hydrogens (tertiary/aromatic N) is 1. The van der Waals surface area contributed by atoms with Crippen molar-refractivity contribution < 1.29 is 22.3 Å². The van der Waals surface area contributed by atoms with Crippen molar-refractivity contribution in [3.05, 3.63) is 59.4 Å². The minimum Gasteiger partial charge on any atom is -0.497 e. The van der Waals surface area contributed by atoms with E-state index in [1.807, 2.05) is 13.8 Å². The molecule has 0 aliphatic carbocycles. The molecule has 7 heteroatoms. The zero-order valence-corrected chi connectivity index (χ0v) is 16.7. The second-order valence-electron chi connectivity index (χ2n) is 7.33. The van der Waals surface area contributed by atoms with E-state index in [0.717, 1.165) is 5.56 Å². The number of aryl methyl sites for hydroxylation is 1. The quantitative estimate of drug-likeness (QED) is 0.795. The Bertz CT molecular complexity index is 925. The molecule has 2 aromatic rings. The summed E-state index contributed by atoms with van der Waals surface area (Å²) in [4.78, 5) is 0.246. The Morgan fingerprint density at radius 3 is 2.44 bits per heavy atom. The van der Waals surface area contributed by atoms with Gasteiger partial charge in [-0.2, -0.15) is 4.31 Å². The van der Waals surface area contributed by atoms with Crippen molar-refractivity contribution in [3.8, 4) is 5.75 Å². The van der Waals surface area contributed by atoms with Crippen molar-refractivity contribution in [1.82, 2.24) is 4.31 Å². The molecule has 1 fully saturated rings. The summed E-state index contributed by atoms with van der Waals surface area (Å²) in [6.45, 7) is 5.82. The molecule has 1 unspecified atom stereocenters. The number of methoxy groups -OCH3 is 1. The van der Waals surface area contributed by atoms with Gasteiger partial charge in [-0.05, 0) is 62.2 Å². The number of sulfonamides is 1. The molecule has 0 saturated carbocycles. The molecule has 5 nitrogen and oxygen atoms in total. The van der Waals surface area contributed by atoms with Gasteiger partial charge < -0.3 is 9.47 Å². The molecule has 1 aliphatic heterocycles. The third-order valence-corrected chi connectivity index (χ3v) is 7.07. The van der Waals surface area contributed by atoms with Gasteiger partial charge in [0.05, 0.1) is 30.3 Å². The second-order valence-corrected chi connectivity index (χ2v) is 9.16. The van der Waals surface area contributed by atoms with Crippen molar-refractivity contribution >= 4 is 10.0 Å². The van der Waals surface area contributed by atoms with Crippen molar-refractivity contribution in [2.45, 2.75) is 37.3 Å². The minimum atomic E-state index is -3.75. The first-order chi connectivity index (χ1) is 12.6. The summed E-state index contributed by atoms with van der Waals surface area (Å²) in [6.07, 6.45) is -0.452. The van der Waals surface area contributed by atoms with Gasteiger partial charge in [0.25, 0.3) is 0 Å². The molecule has 1 atom stereocenters. The lowest BCUT2D eigenvalue weighted by atomic mass is 10.0. The summed E-state index contributed by atoms with van der Waals surface area (Å²) in [5, 5.41) is 0. The Morgan fingerprint density at radius 1 is 1.19 bits per heavy atom. The highest BCUT2D eigenvalue weighted by molar-refractivity contribution is 7.89. The van der Waals surface area contributed by atoms with Crippen LogP contribution in [0.2, 0.25) is 0 Å². The Labute approximate surface area is 159 Å². The largest absolute Gasteiger partial charge is 0.497 e. The van der Waals surface area contributed by atoms with Crippen LogP contribution in [0.4, 0.5) is 4.39 Å². The predicted molar refractivity (Wildman–Crippen MR) is 101 cm³/mol. The summed E-state index contributed by atoms with van der Waals surface area (Å²) in [5.74, 6) is 0.269. The molecule has 2 aromatic carbocycles. The van der Waals surface area contributed by atoms with E-state index in [0.29, 0.717) is 11.3 Å².